The highest BCUT2D eigenvalue weighted by molar-refractivity contribution is 7.81. The smallest absolute Gasteiger partial charge is 0.264 e. The first-order valence-corrected chi connectivity index (χ1v) is 8.14. The van der Waals surface area contributed by atoms with Crippen LogP contribution in [0.5, 0.6) is 0 Å². The van der Waals surface area contributed by atoms with Crippen molar-refractivity contribution >= 4 is 20.8 Å². The fraction of sp³-hybridized carbons (Fsp3) is 1.00. The van der Waals surface area contributed by atoms with Gasteiger partial charge < -0.3 is 0 Å². The summed E-state index contributed by atoms with van der Waals surface area (Å²) in [5.41, 5.74) is 0. The van der Waals surface area contributed by atoms with Crippen LogP contribution in [0.2, 0.25) is 0 Å². The minimum absolute atomic E-state index is 0.0801. The molecule has 0 aliphatic carbocycles. The molecule has 1 unspecified atom stereocenters. The summed E-state index contributed by atoms with van der Waals surface area (Å²) >= 11 is 0. The molecule has 0 aromatic carbocycles. The standard InChI is InChI=1S/C8H18O8S2/c1-2-3-4-5-8(16-18(12,13)14)6-7-15-17(9,10)11/h8H,2-7H2,1H3,(H,9,10,11)(H,12,13,14). The van der Waals surface area contributed by atoms with E-state index in [1.54, 1.807) is 0 Å². The molecule has 18 heavy (non-hydrogen) atoms. The number of hydrogen-bond acceptors (Lipinski definition) is 6. The van der Waals surface area contributed by atoms with E-state index < -0.39 is 33.5 Å². The summed E-state index contributed by atoms with van der Waals surface area (Å²) in [5, 5.41) is 0. The van der Waals surface area contributed by atoms with Crippen molar-refractivity contribution in [3.63, 3.8) is 0 Å². The van der Waals surface area contributed by atoms with E-state index in [0.29, 0.717) is 12.8 Å². The monoisotopic (exact) mass is 306 g/mol. The molecule has 2 N–H and O–H groups in total. The second kappa shape index (κ2) is 8.02. The summed E-state index contributed by atoms with van der Waals surface area (Å²) in [7, 11) is -9.15. The lowest BCUT2D eigenvalue weighted by Gasteiger charge is -2.14. The molecule has 0 rings (SSSR count). The van der Waals surface area contributed by atoms with Gasteiger partial charge in [-0.05, 0) is 12.8 Å². The van der Waals surface area contributed by atoms with E-state index in [2.05, 4.69) is 8.37 Å². The Bertz CT molecular complexity index is 412. The molecular formula is C8H18O8S2. The third-order valence-electron chi connectivity index (χ3n) is 2.06. The molecule has 0 heterocycles. The number of rotatable bonds is 10. The molecule has 0 bridgehead atoms. The first-order valence-electron chi connectivity index (χ1n) is 5.41. The Balaban J connectivity index is 4.20. The highest BCUT2D eigenvalue weighted by Gasteiger charge is 2.18. The van der Waals surface area contributed by atoms with Crippen LogP contribution in [0.15, 0.2) is 0 Å². The van der Waals surface area contributed by atoms with Crippen LogP contribution in [-0.4, -0.2) is 38.7 Å². The molecule has 0 spiro atoms. The average Bonchev–Trinajstić information content (AvgIpc) is 2.13. The first-order chi connectivity index (χ1) is 8.14. The molecular weight excluding hydrogens is 288 g/mol. The van der Waals surface area contributed by atoms with Crippen molar-refractivity contribution in [3.05, 3.63) is 0 Å². The van der Waals surface area contributed by atoms with Crippen LogP contribution in [0.3, 0.4) is 0 Å². The van der Waals surface area contributed by atoms with Gasteiger partial charge in [-0.2, -0.15) is 16.8 Å². The molecule has 110 valence electrons. The van der Waals surface area contributed by atoms with Gasteiger partial charge >= 0.3 is 20.8 Å². The minimum Gasteiger partial charge on any atom is -0.264 e. The zero-order chi connectivity index (χ0) is 14.2. The number of hydrogen-bond donors (Lipinski definition) is 2. The molecule has 0 fully saturated rings. The van der Waals surface area contributed by atoms with Gasteiger partial charge in [-0.25, -0.2) is 8.37 Å². The van der Waals surface area contributed by atoms with Crippen molar-refractivity contribution in [2.45, 2.75) is 45.1 Å². The zero-order valence-electron chi connectivity index (χ0n) is 9.98. The Kier molecular flexibility index (Phi) is 7.90. The summed E-state index contributed by atoms with van der Waals surface area (Å²) in [5.74, 6) is 0. The third kappa shape index (κ3) is 12.2. The van der Waals surface area contributed by atoms with Gasteiger partial charge in [0.1, 0.15) is 0 Å². The Hall–Kier alpha value is -0.260. The highest BCUT2D eigenvalue weighted by Crippen LogP contribution is 2.13. The van der Waals surface area contributed by atoms with Crippen LogP contribution < -0.4 is 0 Å². The largest absolute Gasteiger partial charge is 0.397 e. The lowest BCUT2D eigenvalue weighted by Crippen LogP contribution is -2.20. The Morgan fingerprint density at radius 3 is 2.06 bits per heavy atom. The fourth-order valence-corrected chi connectivity index (χ4v) is 2.16. The lowest BCUT2D eigenvalue weighted by molar-refractivity contribution is 0.137. The van der Waals surface area contributed by atoms with Crippen molar-refractivity contribution in [2.24, 2.45) is 0 Å². The maximum absolute atomic E-state index is 10.6. The maximum Gasteiger partial charge on any atom is 0.397 e. The van der Waals surface area contributed by atoms with Crippen LogP contribution in [0.1, 0.15) is 39.0 Å². The van der Waals surface area contributed by atoms with Crippen molar-refractivity contribution in [3.8, 4) is 0 Å². The van der Waals surface area contributed by atoms with E-state index in [9.17, 15) is 16.8 Å². The van der Waals surface area contributed by atoms with Gasteiger partial charge in [0.05, 0.1) is 12.7 Å². The molecule has 10 heteroatoms. The highest BCUT2D eigenvalue weighted by atomic mass is 32.3. The summed E-state index contributed by atoms with van der Waals surface area (Å²) in [4.78, 5) is 0. The summed E-state index contributed by atoms with van der Waals surface area (Å²) in [6, 6.07) is 0. The summed E-state index contributed by atoms with van der Waals surface area (Å²) < 4.78 is 67.0. The average molecular weight is 306 g/mol. The predicted molar refractivity (Wildman–Crippen MR) is 62.7 cm³/mol. The van der Waals surface area contributed by atoms with Crippen molar-refractivity contribution < 1.29 is 34.3 Å². The second-order valence-corrected chi connectivity index (χ2v) is 5.82. The molecule has 0 saturated carbocycles. The van der Waals surface area contributed by atoms with E-state index in [1.807, 2.05) is 6.92 Å². The van der Waals surface area contributed by atoms with Crippen LogP contribution in [0.4, 0.5) is 0 Å². The zero-order valence-corrected chi connectivity index (χ0v) is 11.6. The van der Waals surface area contributed by atoms with E-state index in [1.165, 1.54) is 0 Å². The Morgan fingerprint density at radius 1 is 1.00 bits per heavy atom. The lowest BCUT2D eigenvalue weighted by atomic mass is 10.1. The Labute approximate surface area is 107 Å². The van der Waals surface area contributed by atoms with Crippen molar-refractivity contribution in [1.82, 2.24) is 0 Å². The normalized spacial score (nSPS) is 14.6. The van der Waals surface area contributed by atoms with Gasteiger partial charge in [0.2, 0.25) is 0 Å². The van der Waals surface area contributed by atoms with Crippen LogP contribution in [-0.2, 0) is 29.2 Å². The van der Waals surface area contributed by atoms with E-state index in [-0.39, 0.29) is 6.42 Å². The molecule has 0 aliphatic rings. The van der Waals surface area contributed by atoms with Crippen molar-refractivity contribution in [2.75, 3.05) is 6.61 Å². The van der Waals surface area contributed by atoms with Gasteiger partial charge in [-0.3, -0.25) is 9.11 Å². The Morgan fingerprint density at radius 2 is 1.61 bits per heavy atom. The molecule has 0 saturated heterocycles. The van der Waals surface area contributed by atoms with E-state index in [0.717, 1.165) is 12.8 Å². The molecule has 0 aromatic heterocycles. The van der Waals surface area contributed by atoms with Gasteiger partial charge in [-0.1, -0.05) is 26.2 Å². The van der Waals surface area contributed by atoms with Crippen molar-refractivity contribution in [1.29, 1.82) is 0 Å². The van der Waals surface area contributed by atoms with Crippen LogP contribution >= 0.6 is 0 Å². The van der Waals surface area contributed by atoms with Crippen LogP contribution in [0, 0.1) is 0 Å². The van der Waals surface area contributed by atoms with Gasteiger partial charge in [0.25, 0.3) is 0 Å². The van der Waals surface area contributed by atoms with Gasteiger partial charge in [0, 0.05) is 0 Å². The summed E-state index contributed by atoms with van der Waals surface area (Å²) in [6.45, 7) is 1.53. The maximum atomic E-state index is 10.6. The first kappa shape index (κ1) is 17.7. The van der Waals surface area contributed by atoms with E-state index >= 15 is 0 Å². The molecule has 0 amide bonds. The quantitative estimate of drug-likeness (QED) is 0.451. The predicted octanol–water partition coefficient (Wildman–Crippen LogP) is 0.964. The van der Waals surface area contributed by atoms with Gasteiger partial charge in [0.15, 0.2) is 0 Å². The molecule has 0 radical (unpaired) electrons. The molecule has 8 nitrogen and oxygen atoms in total. The topological polar surface area (TPSA) is 127 Å². The molecule has 0 aromatic rings. The van der Waals surface area contributed by atoms with Gasteiger partial charge in [-0.15, -0.1) is 0 Å². The van der Waals surface area contributed by atoms with Crippen LogP contribution in [0.25, 0.3) is 0 Å². The SMILES string of the molecule is CCCCCC(CCOS(=O)(=O)O)OS(=O)(=O)O. The minimum atomic E-state index is -4.59. The third-order valence-corrected chi connectivity index (χ3v) is 3.04. The second-order valence-electron chi connectivity index (χ2n) is 3.68. The molecule has 0 aliphatic heterocycles. The summed E-state index contributed by atoms with van der Waals surface area (Å²) in [6.07, 6.45) is 1.81. The molecule has 1 atom stereocenters. The fourth-order valence-electron chi connectivity index (χ4n) is 1.32. The van der Waals surface area contributed by atoms with E-state index in [4.69, 9.17) is 9.11 Å². The number of unbranched alkanes of at least 4 members (excludes halogenated alkanes) is 2.